The molecule has 0 amide bonds. The van der Waals surface area contributed by atoms with E-state index in [0.717, 1.165) is 27.2 Å². The normalized spacial score (nSPS) is 10.7. The van der Waals surface area contributed by atoms with Gasteiger partial charge in [-0.3, -0.25) is 5.43 Å². The molecule has 0 spiro atoms. The summed E-state index contributed by atoms with van der Waals surface area (Å²) in [5.41, 5.74) is 4.91. The fraction of sp³-hybridized carbons (Fsp3) is 0.0952. The van der Waals surface area contributed by atoms with E-state index in [1.165, 1.54) is 0 Å². The Labute approximate surface area is 161 Å². The monoisotopic (exact) mass is 410 g/mol. The third-order valence-corrected chi connectivity index (χ3v) is 4.02. The Hall–Kier alpha value is -2.79. The van der Waals surface area contributed by atoms with Gasteiger partial charge in [0.05, 0.1) is 11.9 Å². The van der Waals surface area contributed by atoms with Crippen LogP contribution in [0.4, 0.5) is 5.69 Å². The largest absolute Gasteiger partial charge is 0.490 e. The van der Waals surface area contributed by atoms with Crippen molar-refractivity contribution in [2.75, 3.05) is 18.6 Å². The molecule has 0 unspecified atom stereocenters. The number of hydrogen-bond acceptors (Lipinski definition) is 4. The minimum Gasteiger partial charge on any atom is -0.490 e. The number of halogens is 1. The van der Waals surface area contributed by atoms with Gasteiger partial charge >= 0.3 is 0 Å². The van der Waals surface area contributed by atoms with E-state index < -0.39 is 0 Å². The van der Waals surface area contributed by atoms with Crippen LogP contribution in [0.5, 0.6) is 11.5 Å². The molecule has 3 aromatic rings. The SMILES string of the molecule is Brc1ccc(N/N=C\c2ccc(OCCOc3ccccc3)cc2)cc1. The molecule has 0 aliphatic heterocycles. The van der Waals surface area contributed by atoms with Crippen LogP contribution in [-0.4, -0.2) is 19.4 Å². The molecule has 3 aromatic carbocycles. The molecule has 0 saturated carbocycles. The topological polar surface area (TPSA) is 42.9 Å². The first-order valence-corrected chi connectivity index (χ1v) is 9.04. The summed E-state index contributed by atoms with van der Waals surface area (Å²) in [6, 6.07) is 25.3. The first kappa shape index (κ1) is 18.0. The lowest BCUT2D eigenvalue weighted by molar-refractivity contribution is 0.217. The van der Waals surface area contributed by atoms with Crippen molar-refractivity contribution in [2.45, 2.75) is 0 Å². The minimum atomic E-state index is 0.494. The van der Waals surface area contributed by atoms with Crippen LogP contribution in [0, 0.1) is 0 Å². The van der Waals surface area contributed by atoms with E-state index in [4.69, 9.17) is 9.47 Å². The van der Waals surface area contributed by atoms with Crippen molar-refractivity contribution in [2.24, 2.45) is 5.10 Å². The van der Waals surface area contributed by atoms with Crippen molar-refractivity contribution in [3.8, 4) is 11.5 Å². The van der Waals surface area contributed by atoms with Crippen LogP contribution in [0.1, 0.15) is 5.56 Å². The van der Waals surface area contributed by atoms with Crippen molar-refractivity contribution in [3.05, 3.63) is 88.9 Å². The van der Waals surface area contributed by atoms with Gasteiger partial charge in [0.1, 0.15) is 24.7 Å². The lowest BCUT2D eigenvalue weighted by Crippen LogP contribution is -2.08. The van der Waals surface area contributed by atoms with E-state index >= 15 is 0 Å². The molecule has 0 heterocycles. The average Bonchev–Trinajstić information content (AvgIpc) is 2.69. The maximum Gasteiger partial charge on any atom is 0.122 e. The summed E-state index contributed by atoms with van der Waals surface area (Å²) < 4.78 is 12.3. The van der Waals surface area contributed by atoms with Crippen LogP contribution in [0.25, 0.3) is 0 Å². The Kier molecular flexibility index (Phi) is 6.67. The molecule has 1 N–H and O–H groups in total. The van der Waals surface area contributed by atoms with Gasteiger partial charge in [-0.25, -0.2) is 0 Å². The highest BCUT2D eigenvalue weighted by molar-refractivity contribution is 9.10. The number of anilines is 1. The molecule has 0 atom stereocenters. The molecule has 26 heavy (non-hydrogen) atoms. The zero-order chi connectivity index (χ0) is 18.0. The molecular formula is C21H19BrN2O2. The second-order valence-electron chi connectivity index (χ2n) is 5.46. The van der Waals surface area contributed by atoms with Crippen LogP contribution < -0.4 is 14.9 Å². The van der Waals surface area contributed by atoms with Gasteiger partial charge in [0, 0.05) is 4.47 Å². The highest BCUT2D eigenvalue weighted by Gasteiger charge is 1.96. The van der Waals surface area contributed by atoms with Gasteiger partial charge in [-0.1, -0.05) is 34.1 Å². The van der Waals surface area contributed by atoms with E-state index in [0.29, 0.717) is 13.2 Å². The Morgan fingerprint density at radius 1 is 0.769 bits per heavy atom. The highest BCUT2D eigenvalue weighted by Crippen LogP contribution is 2.14. The van der Waals surface area contributed by atoms with Crippen molar-refractivity contribution in [1.29, 1.82) is 0 Å². The van der Waals surface area contributed by atoms with E-state index in [1.807, 2.05) is 78.9 Å². The van der Waals surface area contributed by atoms with Crippen LogP contribution >= 0.6 is 15.9 Å². The molecule has 132 valence electrons. The zero-order valence-corrected chi connectivity index (χ0v) is 15.7. The molecule has 4 nitrogen and oxygen atoms in total. The lowest BCUT2D eigenvalue weighted by atomic mass is 10.2. The summed E-state index contributed by atoms with van der Waals surface area (Å²) in [6.07, 6.45) is 1.77. The van der Waals surface area contributed by atoms with Gasteiger partial charge < -0.3 is 9.47 Å². The average molecular weight is 411 g/mol. The van der Waals surface area contributed by atoms with Crippen molar-refractivity contribution in [1.82, 2.24) is 0 Å². The summed E-state index contributed by atoms with van der Waals surface area (Å²) in [7, 11) is 0. The minimum absolute atomic E-state index is 0.494. The number of hydrazone groups is 1. The highest BCUT2D eigenvalue weighted by atomic mass is 79.9. The van der Waals surface area contributed by atoms with Gasteiger partial charge in [-0.05, 0) is 66.2 Å². The predicted molar refractivity (Wildman–Crippen MR) is 109 cm³/mol. The lowest BCUT2D eigenvalue weighted by Gasteiger charge is -2.08. The van der Waals surface area contributed by atoms with Crippen LogP contribution in [0.2, 0.25) is 0 Å². The molecule has 0 aliphatic rings. The van der Waals surface area contributed by atoms with Gasteiger partial charge in [-0.15, -0.1) is 0 Å². The van der Waals surface area contributed by atoms with Gasteiger partial charge in [-0.2, -0.15) is 5.10 Å². The van der Waals surface area contributed by atoms with E-state index in [-0.39, 0.29) is 0 Å². The van der Waals surface area contributed by atoms with Crippen molar-refractivity contribution < 1.29 is 9.47 Å². The summed E-state index contributed by atoms with van der Waals surface area (Å²) in [6.45, 7) is 0.998. The molecule has 3 rings (SSSR count). The summed E-state index contributed by atoms with van der Waals surface area (Å²) in [5, 5.41) is 4.23. The fourth-order valence-corrected chi connectivity index (χ4v) is 2.46. The van der Waals surface area contributed by atoms with Gasteiger partial charge in [0.2, 0.25) is 0 Å². The van der Waals surface area contributed by atoms with E-state index in [9.17, 15) is 0 Å². The Bertz CT molecular complexity index is 819. The smallest absolute Gasteiger partial charge is 0.122 e. The zero-order valence-electron chi connectivity index (χ0n) is 14.1. The Morgan fingerprint density at radius 2 is 1.38 bits per heavy atom. The molecule has 0 radical (unpaired) electrons. The number of para-hydroxylation sites is 1. The number of benzene rings is 3. The number of nitrogens with zero attached hydrogens (tertiary/aromatic N) is 1. The number of nitrogens with one attached hydrogen (secondary N) is 1. The summed E-state index contributed by atoms with van der Waals surface area (Å²) in [5.74, 6) is 1.65. The molecule has 0 bridgehead atoms. The van der Waals surface area contributed by atoms with Crippen LogP contribution in [0.3, 0.4) is 0 Å². The van der Waals surface area contributed by atoms with E-state index in [1.54, 1.807) is 6.21 Å². The third-order valence-electron chi connectivity index (χ3n) is 3.50. The maximum absolute atomic E-state index is 5.68. The summed E-state index contributed by atoms with van der Waals surface area (Å²) in [4.78, 5) is 0. The Morgan fingerprint density at radius 3 is 2.04 bits per heavy atom. The predicted octanol–water partition coefficient (Wildman–Crippen LogP) is 5.35. The first-order valence-electron chi connectivity index (χ1n) is 8.25. The maximum atomic E-state index is 5.68. The summed E-state index contributed by atoms with van der Waals surface area (Å²) >= 11 is 3.41. The quantitative estimate of drug-likeness (QED) is 0.309. The van der Waals surface area contributed by atoms with Gasteiger partial charge in [0.15, 0.2) is 0 Å². The standard InChI is InChI=1S/C21H19BrN2O2/c22-18-8-10-19(11-9-18)24-23-16-17-6-12-21(13-7-17)26-15-14-25-20-4-2-1-3-5-20/h1-13,16,24H,14-15H2/b23-16-. The molecule has 5 heteroatoms. The number of hydrogen-bond donors (Lipinski definition) is 1. The Balaban J connectivity index is 1.41. The molecule has 0 fully saturated rings. The molecule has 0 aliphatic carbocycles. The van der Waals surface area contributed by atoms with Crippen molar-refractivity contribution >= 4 is 27.8 Å². The second kappa shape index (κ2) is 9.63. The van der Waals surface area contributed by atoms with Crippen LogP contribution in [0.15, 0.2) is 88.4 Å². The van der Waals surface area contributed by atoms with Gasteiger partial charge in [0.25, 0.3) is 0 Å². The molecular weight excluding hydrogens is 392 g/mol. The molecule has 0 saturated heterocycles. The number of ether oxygens (including phenoxy) is 2. The van der Waals surface area contributed by atoms with Crippen molar-refractivity contribution in [3.63, 3.8) is 0 Å². The van der Waals surface area contributed by atoms with Crippen LogP contribution in [-0.2, 0) is 0 Å². The third kappa shape index (κ3) is 5.93. The number of rotatable bonds is 8. The first-order chi connectivity index (χ1) is 12.8. The van der Waals surface area contributed by atoms with E-state index in [2.05, 4.69) is 26.5 Å². The molecule has 0 aromatic heterocycles. The fourth-order valence-electron chi connectivity index (χ4n) is 2.19. The second-order valence-corrected chi connectivity index (χ2v) is 6.37.